The molecule has 0 radical (unpaired) electrons. The standard InChI is InChI=1S/C18H37N3O3.C4H12N/c1-2-3-4-5-6-7-8-9-10-11-12-13-14-15-16-23-18(22)24-21-17(19)20;1-5(2,3)4/h2-16H2,1H3,(H4,19,20,21);1-4H3/q;+1. The summed E-state index contributed by atoms with van der Waals surface area (Å²) in [5.41, 5.74) is 6.90. The summed E-state index contributed by atoms with van der Waals surface area (Å²) in [7, 11) is 8.50. The molecule has 0 aliphatic heterocycles. The Hall–Kier alpha value is -1.50. The van der Waals surface area contributed by atoms with Crippen molar-refractivity contribution in [3.05, 3.63) is 0 Å². The number of unbranched alkanes of at least 4 members (excludes halogenated alkanes) is 13. The number of quaternary nitrogens is 1. The van der Waals surface area contributed by atoms with Crippen molar-refractivity contribution in [2.24, 2.45) is 5.73 Å². The Morgan fingerprint density at radius 2 is 1.14 bits per heavy atom. The number of rotatable bonds is 15. The Balaban J connectivity index is 0. The second-order valence-electron chi connectivity index (χ2n) is 9.00. The van der Waals surface area contributed by atoms with Gasteiger partial charge in [0.25, 0.3) is 0 Å². The molecule has 29 heavy (non-hydrogen) atoms. The summed E-state index contributed by atoms with van der Waals surface area (Å²) in [6.45, 7) is 2.60. The van der Waals surface area contributed by atoms with E-state index >= 15 is 0 Å². The molecule has 0 amide bonds. The number of hydrogen-bond acceptors (Lipinski definition) is 4. The number of ether oxygens (including phenoxy) is 1. The molecule has 174 valence electrons. The van der Waals surface area contributed by atoms with Gasteiger partial charge in [0.1, 0.15) is 0 Å². The molecule has 0 atom stereocenters. The first-order valence-corrected chi connectivity index (χ1v) is 11.4. The number of hydrogen-bond donors (Lipinski definition) is 3. The first-order chi connectivity index (χ1) is 13.7. The first-order valence-electron chi connectivity index (χ1n) is 11.4. The molecular formula is C22H49N4O3+. The van der Waals surface area contributed by atoms with Crippen LogP contribution in [-0.4, -0.2) is 51.4 Å². The van der Waals surface area contributed by atoms with Crippen LogP contribution >= 0.6 is 0 Å². The van der Waals surface area contributed by atoms with E-state index in [0.717, 1.165) is 17.3 Å². The van der Waals surface area contributed by atoms with Crippen LogP contribution < -0.4 is 11.2 Å². The molecule has 0 aromatic rings. The van der Waals surface area contributed by atoms with Gasteiger partial charge in [-0.1, -0.05) is 90.4 Å². The van der Waals surface area contributed by atoms with E-state index in [4.69, 9.17) is 15.9 Å². The molecule has 0 aliphatic rings. The fraction of sp³-hybridized carbons (Fsp3) is 0.909. The Labute approximate surface area is 179 Å². The van der Waals surface area contributed by atoms with Crippen LogP contribution in [0.2, 0.25) is 0 Å². The average Bonchev–Trinajstić information content (AvgIpc) is 2.61. The molecule has 0 saturated heterocycles. The van der Waals surface area contributed by atoms with Crippen molar-refractivity contribution >= 4 is 12.1 Å². The van der Waals surface area contributed by atoms with Crippen molar-refractivity contribution in [3.63, 3.8) is 0 Å². The summed E-state index contributed by atoms with van der Waals surface area (Å²) >= 11 is 0. The highest BCUT2D eigenvalue weighted by Gasteiger charge is 2.03. The van der Waals surface area contributed by atoms with Crippen LogP contribution in [0.4, 0.5) is 4.79 Å². The van der Waals surface area contributed by atoms with Gasteiger partial charge < -0.3 is 19.8 Å². The van der Waals surface area contributed by atoms with Gasteiger partial charge in [0.15, 0.2) is 0 Å². The van der Waals surface area contributed by atoms with E-state index in [1.807, 2.05) is 5.48 Å². The van der Waals surface area contributed by atoms with E-state index < -0.39 is 12.1 Å². The highest BCUT2D eigenvalue weighted by Crippen LogP contribution is 2.12. The van der Waals surface area contributed by atoms with Crippen LogP contribution in [0.15, 0.2) is 0 Å². The molecule has 0 fully saturated rings. The van der Waals surface area contributed by atoms with Crippen LogP contribution in [-0.2, 0) is 9.57 Å². The third-order valence-corrected chi connectivity index (χ3v) is 3.96. The monoisotopic (exact) mass is 417 g/mol. The van der Waals surface area contributed by atoms with Crippen LogP contribution in [0, 0.1) is 5.41 Å². The van der Waals surface area contributed by atoms with Crippen LogP contribution in [0.25, 0.3) is 0 Å². The molecule has 7 heteroatoms. The van der Waals surface area contributed by atoms with E-state index in [1.165, 1.54) is 77.0 Å². The first kappa shape index (κ1) is 29.7. The van der Waals surface area contributed by atoms with E-state index in [1.54, 1.807) is 0 Å². The van der Waals surface area contributed by atoms with Gasteiger partial charge >= 0.3 is 6.16 Å². The maximum Gasteiger partial charge on any atom is 0.533 e. The van der Waals surface area contributed by atoms with Gasteiger partial charge in [0.05, 0.1) is 34.8 Å². The lowest BCUT2D eigenvalue weighted by Gasteiger charge is -2.14. The van der Waals surface area contributed by atoms with Crippen molar-refractivity contribution in [1.82, 2.24) is 5.48 Å². The predicted molar refractivity (Wildman–Crippen MR) is 122 cm³/mol. The normalized spacial score (nSPS) is 10.7. The van der Waals surface area contributed by atoms with Crippen molar-refractivity contribution in [2.75, 3.05) is 34.8 Å². The van der Waals surface area contributed by atoms with Crippen molar-refractivity contribution in [2.45, 2.75) is 96.8 Å². The fourth-order valence-corrected chi connectivity index (χ4v) is 2.58. The van der Waals surface area contributed by atoms with Gasteiger partial charge in [-0.3, -0.25) is 5.41 Å². The minimum absolute atomic E-state index is 0.344. The Bertz CT molecular complexity index is 379. The Morgan fingerprint density at radius 1 is 0.793 bits per heavy atom. The molecule has 0 spiro atoms. The molecule has 4 N–H and O–H groups in total. The molecule has 7 nitrogen and oxygen atoms in total. The van der Waals surface area contributed by atoms with Gasteiger partial charge in [-0.25, -0.2) is 4.79 Å². The summed E-state index contributed by atoms with van der Waals surface area (Å²) in [6, 6.07) is 0. The van der Waals surface area contributed by atoms with Gasteiger partial charge in [0.2, 0.25) is 5.96 Å². The largest absolute Gasteiger partial charge is 0.533 e. The summed E-state index contributed by atoms with van der Waals surface area (Å²) in [5.74, 6) is -0.427. The summed E-state index contributed by atoms with van der Waals surface area (Å²) < 4.78 is 5.82. The van der Waals surface area contributed by atoms with Crippen LogP contribution in [0.3, 0.4) is 0 Å². The zero-order chi connectivity index (χ0) is 22.4. The SMILES string of the molecule is CCCCCCCCCCCCCCCCOC(=O)ONC(=N)N.C[N+](C)(C)C. The van der Waals surface area contributed by atoms with Crippen molar-refractivity contribution in [1.29, 1.82) is 5.41 Å². The van der Waals surface area contributed by atoms with Crippen molar-refractivity contribution in [3.8, 4) is 0 Å². The maximum absolute atomic E-state index is 11.0. The van der Waals surface area contributed by atoms with E-state index in [-0.39, 0.29) is 0 Å². The number of nitrogens with one attached hydrogen (secondary N) is 2. The van der Waals surface area contributed by atoms with Gasteiger partial charge in [-0.05, 0) is 6.42 Å². The molecule has 0 heterocycles. The second kappa shape index (κ2) is 21.2. The number of guanidine groups is 1. The number of nitrogens with two attached hydrogens (primary N) is 1. The summed E-state index contributed by atoms with van der Waals surface area (Å²) in [4.78, 5) is 15.4. The van der Waals surface area contributed by atoms with E-state index in [2.05, 4.69) is 40.0 Å². The molecule has 0 rings (SSSR count). The highest BCUT2D eigenvalue weighted by molar-refractivity contribution is 5.74. The molecule has 0 aromatic carbocycles. The van der Waals surface area contributed by atoms with Gasteiger partial charge in [-0.2, -0.15) is 5.48 Å². The van der Waals surface area contributed by atoms with E-state index in [0.29, 0.717) is 6.61 Å². The molecule has 0 unspecified atom stereocenters. The zero-order valence-electron chi connectivity index (χ0n) is 19.9. The molecule has 0 saturated carbocycles. The molecule has 0 aromatic heterocycles. The minimum atomic E-state index is -0.847. The summed E-state index contributed by atoms with van der Waals surface area (Å²) in [5, 5.41) is 6.82. The lowest BCUT2D eigenvalue weighted by atomic mass is 10.0. The molecule has 0 bridgehead atoms. The Kier molecular flexibility index (Phi) is 21.7. The third-order valence-electron chi connectivity index (χ3n) is 3.96. The maximum atomic E-state index is 11.0. The smallest absolute Gasteiger partial charge is 0.433 e. The number of hydroxylamine groups is 1. The second-order valence-corrected chi connectivity index (χ2v) is 9.00. The molecular weight excluding hydrogens is 368 g/mol. The van der Waals surface area contributed by atoms with Gasteiger partial charge in [-0.15, -0.1) is 0 Å². The Morgan fingerprint density at radius 3 is 1.48 bits per heavy atom. The quantitative estimate of drug-likeness (QED) is 0.0834. The van der Waals surface area contributed by atoms with Crippen LogP contribution in [0.1, 0.15) is 96.8 Å². The molecule has 0 aliphatic carbocycles. The third kappa shape index (κ3) is 37.9. The number of carbonyl (C=O) groups excluding carboxylic acids is 1. The van der Waals surface area contributed by atoms with Crippen molar-refractivity contribution < 1.29 is 18.9 Å². The fourth-order valence-electron chi connectivity index (χ4n) is 2.58. The lowest BCUT2D eigenvalue weighted by Crippen LogP contribution is -2.32. The number of carbonyl (C=O) groups is 1. The van der Waals surface area contributed by atoms with Crippen LogP contribution in [0.5, 0.6) is 0 Å². The number of nitrogens with zero attached hydrogens (tertiary/aromatic N) is 1. The predicted octanol–water partition coefficient (Wildman–Crippen LogP) is 5.34. The summed E-state index contributed by atoms with van der Waals surface area (Å²) in [6.07, 6.45) is 17.2. The zero-order valence-corrected chi connectivity index (χ0v) is 19.9. The average molecular weight is 418 g/mol. The van der Waals surface area contributed by atoms with Gasteiger partial charge in [0, 0.05) is 0 Å². The minimum Gasteiger partial charge on any atom is -0.433 e. The van der Waals surface area contributed by atoms with E-state index in [9.17, 15) is 4.79 Å². The lowest BCUT2D eigenvalue weighted by molar-refractivity contribution is -0.849. The topological polar surface area (TPSA) is 97.4 Å². The highest BCUT2D eigenvalue weighted by atomic mass is 16.8.